The minimum atomic E-state index is -0.232. The van der Waals surface area contributed by atoms with Gasteiger partial charge in [-0.05, 0) is 30.4 Å². The Morgan fingerprint density at radius 3 is 2.88 bits per heavy atom. The molecule has 1 aromatic carbocycles. The molecule has 1 saturated carbocycles. The van der Waals surface area contributed by atoms with Crippen molar-refractivity contribution >= 4 is 16.7 Å². The van der Waals surface area contributed by atoms with E-state index < -0.39 is 0 Å². The maximum Gasteiger partial charge on any atom is 0.271 e. The van der Waals surface area contributed by atoms with Crippen LogP contribution in [0.5, 0.6) is 0 Å². The molecule has 6 heteroatoms. The predicted molar refractivity (Wildman–Crippen MR) is 90.7 cm³/mol. The Morgan fingerprint density at radius 2 is 2.17 bits per heavy atom. The van der Waals surface area contributed by atoms with Gasteiger partial charge in [0.1, 0.15) is 11.5 Å². The summed E-state index contributed by atoms with van der Waals surface area (Å²) < 4.78 is 1.91. The Hall–Kier alpha value is -2.89. The molecule has 122 valence electrons. The molecule has 2 aromatic heterocycles. The van der Waals surface area contributed by atoms with Gasteiger partial charge in [0.25, 0.3) is 11.5 Å². The molecule has 0 unspecified atom stereocenters. The van der Waals surface area contributed by atoms with Crippen molar-refractivity contribution in [2.75, 3.05) is 0 Å². The second-order valence-electron chi connectivity index (χ2n) is 6.22. The highest BCUT2D eigenvalue weighted by atomic mass is 16.2. The third kappa shape index (κ3) is 2.60. The summed E-state index contributed by atoms with van der Waals surface area (Å²) in [6.45, 7) is 0.446. The lowest BCUT2D eigenvalue weighted by Gasteiger charge is -2.22. The smallest absolute Gasteiger partial charge is 0.271 e. The summed E-state index contributed by atoms with van der Waals surface area (Å²) in [7, 11) is 1.91. The van der Waals surface area contributed by atoms with Crippen LogP contribution in [0.1, 0.15) is 29.2 Å². The van der Waals surface area contributed by atoms with Gasteiger partial charge >= 0.3 is 0 Å². The lowest BCUT2D eigenvalue weighted by Crippen LogP contribution is -2.35. The summed E-state index contributed by atoms with van der Waals surface area (Å²) in [6.07, 6.45) is 5.58. The van der Waals surface area contributed by atoms with Gasteiger partial charge in [-0.2, -0.15) is 0 Å². The Morgan fingerprint density at radius 1 is 1.38 bits per heavy atom. The van der Waals surface area contributed by atoms with E-state index in [1.165, 1.54) is 0 Å². The highest BCUT2D eigenvalue weighted by molar-refractivity contribution is 5.96. The summed E-state index contributed by atoms with van der Waals surface area (Å²) >= 11 is 0. The molecular formula is C18H18N4O2. The molecule has 1 amide bonds. The third-order valence-electron chi connectivity index (χ3n) is 4.47. The summed E-state index contributed by atoms with van der Waals surface area (Å²) in [6, 6.07) is 9.27. The molecule has 0 aliphatic heterocycles. The average Bonchev–Trinajstić information content (AvgIpc) is 3.35. The van der Waals surface area contributed by atoms with Crippen molar-refractivity contribution in [3.05, 3.63) is 64.6 Å². The topological polar surface area (TPSA) is 71.0 Å². The van der Waals surface area contributed by atoms with Gasteiger partial charge in [0.15, 0.2) is 0 Å². The minimum absolute atomic E-state index is 0.150. The van der Waals surface area contributed by atoms with E-state index in [2.05, 4.69) is 9.97 Å². The monoisotopic (exact) mass is 322 g/mol. The van der Waals surface area contributed by atoms with Gasteiger partial charge in [0, 0.05) is 30.9 Å². The molecule has 6 nitrogen and oxygen atoms in total. The van der Waals surface area contributed by atoms with E-state index in [-0.39, 0.29) is 17.5 Å². The van der Waals surface area contributed by atoms with Crippen LogP contribution in [0.2, 0.25) is 0 Å². The highest BCUT2D eigenvalue weighted by Crippen LogP contribution is 2.29. The van der Waals surface area contributed by atoms with Crippen LogP contribution in [0.3, 0.4) is 0 Å². The largest absolute Gasteiger partial charge is 0.337 e. The fourth-order valence-electron chi connectivity index (χ4n) is 2.93. The van der Waals surface area contributed by atoms with Gasteiger partial charge < -0.3 is 14.5 Å². The highest BCUT2D eigenvalue weighted by Gasteiger charge is 2.34. The number of aromatic nitrogens is 3. The molecule has 1 aliphatic rings. The first kappa shape index (κ1) is 14.7. The van der Waals surface area contributed by atoms with E-state index in [0.29, 0.717) is 17.6 Å². The fourth-order valence-corrected chi connectivity index (χ4v) is 2.93. The van der Waals surface area contributed by atoms with Crippen molar-refractivity contribution in [1.82, 2.24) is 19.4 Å². The van der Waals surface area contributed by atoms with E-state index in [1.54, 1.807) is 18.3 Å². The van der Waals surface area contributed by atoms with Crippen molar-refractivity contribution in [2.24, 2.45) is 7.05 Å². The molecule has 0 bridgehead atoms. The van der Waals surface area contributed by atoms with Crippen LogP contribution in [-0.2, 0) is 13.6 Å². The van der Waals surface area contributed by atoms with E-state index in [0.717, 1.165) is 24.1 Å². The number of carbonyl (C=O) groups excluding carboxylic acids is 1. The number of benzene rings is 1. The molecule has 24 heavy (non-hydrogen) atoms. The molecule has 2 heterocycles. The molecule has 3 aromatic rings. The van der Waals surface area contributed by atoms with E-state index >= 15 is 0 Å². The molecule has 1 fully saturated rings. The standard InChI is InChI=1S/C18H18N4O2/c1-21-9-8-19-16(21)11-22(13-6-7-13)18(24)15-10-12-4-2-3-5-14(12)17(23)20-15/h2-5,8-10,13H,6-7,11H2,1H3,(H,20,23). The van der Waals surface area contributed by atoms with Gasteiger partial charge in [-0.15, -0.1) is 0 Å². The zero-order valence-electron chi connectivity index (χ0n) is 13.4. The SMILES string of the molecule is Cn1ccnc1CN(C(=O)c1cc2ccccc2c(=O)[nH]1)C1CC1. The van der Waals surface area contributed by atoms with E-state index in [9.17, 15) is 9.59 Å². The quantitative estimate of drug-likeness (QED) is 0.799. The lowest BCUT2D eigenvalue weighted by molar-refractivity contribution is 0.0718. The number of nitrogens with zero attached hydrogens (tertiary/aromatic N) is 3. The zero-order valence-corrected chi connectivity index (χ0v) is 13.4. The van der Waals surface area contributed by atoms with Crippen molar-refractivity contribution in [2.45, 2.75) is 25.4 Å². The molecule has 0 saturated heterocycles. The van der Waals surface area contributed by atoms with Gasteiger partial charge in [-0.25, -0.2) is 4.98 Å². The van der Waals surface area contributed by atoms with Gasteiger partial charge in [0.05, 0.1) is 6.54 Å². The number of hydrogen-bond acceptors (Lipinski definition) is 3. The first-order valence-corrected chi connectivity index (χ1v) is 8.03. The van der Waals surface area contributed by atoms with Crippen LogP contribution >= 0.6 is 0 Å². The Balaban J connectivity index is 1.70. The summed E-state index contributed by atoms with van der Waals surface area (Å²) in [5.74, 6) is 0.682. The molecule has 4 rings (SSSR count). The number of H-pyrrole nitrogens is 1. The minimum Gasteiger partial charge on any atom is -0.337 e. The number of carbonyl (C=O) groups is 1. The van der Waals surface area contributed by atoms with Gasteiger partial charge in [-0.1, -0.05) is 18.2 Å². The van der Waals surface area contributed by atoms with Crippen LogP contribution in [0.25, 0.3) is 10.8 Å². The molecule has 0 radical (unpaired) electrons. The molecular weight excluding hydrogens is 304 g/mol. The summed E-state index contributed by atoms with van der Waals surface area (Å²) in [4.78, 5) is 34.1. The van der Waals surface area contributed by atoms with Gasteiger partial charge in [-0.3, -0.25) is 9.59 Å². The molecule has 1 aliphatic carbocycles. The van der Waals surface area contributed by atoms with E-state index in [1.807, 2.05) is 40.9 Å². The Labute approximate surface area is 138 Å². The fraction of sp³-hybridized carbons (Fsp3) is 0.278. The first-order valence-electron chi connectivity index (χ1n) is 8.03. The second kappa shape index (κ2) is 5.63. The second-order valence-corrected chi connectivity index (χ2v) is 6.22. The predicted octanol–water partition coefficient (Wildman–Crippen LogP) is 2.07. The van der Waals surface area contributed by atoms with Crippen LogP contribution in [0.4, 0.5) is 0 Å². The number of pyridine rings is 1. The van der Waals surface area contributed by atoms with Crippen molar-refractivity contribution in [1.29, 1.82) is 0 Å². The average molecular weight is 322 g/mol. The number of rotatable bonds is 4. The summed E-state index contributed by atoms with van der Waals surface area (Å²) in [5.41, 5.74) is 0.101. The first-order chi connectivity index (χ1) is 11.6. The number of aromatic amines is 1. The lowest BCUT2D eigenvalue weighted by atomic mass is 10.1. The number of fused-ring (bicyclic) bond motifs is 1. The van der Waals surface area contributed by atoms with Crippen molar-refractivity contribution in [3.63, 3.8) is 0 Å². The van der Waals surface area contributed by atoms with Crippen LogP contribution in [0.15, 0.2) is 47.5 Å². The summed E-state index contributed by atoms with van der Waals surface area (Å²) in [5, 5.41) is 1.37. The van der Waals surface area contributed by atoms with Crippen LogP contribution < -0.4 is 5.56 Å². The normalized spacial score (nSPS) is 14.0. The van der Waals surface area contributed by atoms with Crippen LogP contribution in [0, 0.1) is 0 Å². The van der Waals surface area contributed by atoms with Crippen molar-refractivity contribution in [3.8, 4) is 0 Å². The number of aryl methyl sites for hydroxylation is 1. The van der Waals surface area contributed by atoms with Gasteiger partial charge in [0.2, 0.25) is 0 Å². The molecule has 0 atom stereocenters. The molecule has 1 N–H and O–H groups in total. The number of nitrogens with one attached hydrogen (secondary N) is 1. The number of imidazole rings is 1. The maximum atomic E-state index is 13.0. The van der Waals surface area contributed by atoms with Crippen LogP contribution in [-0.4, -0.2) is 31.4 Å². The molecule has 0 spiro atoms. The maximum absolute atomic E-state index is 13.0. The van der Waals surface area contributed by atoms with E-state index in [4.69, 9.17) is 0 Å². The number of hydrogen-bond donors (Lipinski definition) is 1. The third-order valence-corrected chi connectivity index (χ3v) is 4.47. The zero-order chi connectivity index (χ0) is 16.7. The Bertz CT molecular complexity index is 968. The number of amides is 1. The Kier molecular flexibility index (Phi) is 3.45. The van der Waals surface area contributed by atoms with Crippen molar-refractivity contribution < 1.29 is 4.79 Å².